The average Bonchev–Trinajstić information content (AvgIpc) is 2.91. The van der Waals surface area contributed by atoms with E-state index in [4.69, 9.17) is 0 Å². The van der Waals surface area contributed by atoms with Gasteiger partial charge in [-0.05, 0) is 60.5 Å². The van der Waals surface area contributed by atoms with E-state index in [1.54, 1.807) is 0 Å². The SMILES string of the molecule is CC(NC(=O)c1cc(Br)cn1C1CC1)C1CCCC1. The molecule has 0 radical (unpaired) electrons. The van der Waals surface area contributed by atoms with Crippen LogP contribution in [0.4, 0.5) is 0 Å². The summed E-state index contributed by atoms with van der Waals surface area (Å²) < 4.78 is 3.12. The van der Waals surface area contributed by atoms with Crippen LogP contribution in [0.5, 0.6) is 0 Å². The normalized spacial score (nSPS) is 21.6. The van der Waals surface area contributed by atoms with Gasteiger partial charge in [-0.3, -0.25) is 4.79 Å². The van der Waals surface area contributed by atoms with Crippen molar-refractivity contribution in [3.8, 4) is 0 Å². The van der Waals surface area contributed by atoms with Crippen molar-refractivity contribution >= 4 is 21.8 Å². The number of nitrogens with zero attached hydrogens (tertiary/aromatic N) is 1. The topological polar surface area (TPSA) is 34.0 Å². The summed E-state index contributed by atoms with van der Waals surface area (Å²) in [5.74, 6) is 0.744. The van der Waals surface area contributed by atoms with E-state index in [9.17, 15) is 4.79 Å². The minimum absolute atomic E-state index is 0.0806. The largest absolute Gasteiger partial charge is 0.348 e. The second-order valence-corrected chi connectivity index (χ2v) is 6.90. The minimum Gasteiger partial charge on any atom is -0.348 e. The highest BCUT2D eigenvalue weighted by Crippen LogP contribution is 2.37. The summed E-state index contributed by atoms with van der Waals surface area (Å²) in [6.07, 6.45) is 9.57. The zero-order chi connectivity index (χ0) is 13.4. The van der Waals surface area contributed by atoms with Crippen LogP contribution >= 0.6 is 15.9 Å². The van der Waals surface area contributed by atoms with Crippen molar-refractivity contribution in [3.05, 3.63) is 22.4 Å². The Kier molecular flexibility index (Phi) is 3.70. The molecule has 0 bridgehead atoms. The Labute approximate surface area is 122 Å². The molecule has 0 spiro atoms. The summed E-state index contributed by atoms with van der Waals surface area (Å²) >= 11 is 3.48. The number of rotatable bonds is 4. The van der Waals surface area contributed by atoms with Crippen LogP contribution in [0.1, 0.15) is 62.0 Å². The van der Waals surface area contributed by atoms with Crippen molar-refractivity contribution in [2.75, 3.05) is 0 Å². The lowest BCUT2D eigenvalue weighted by atomic mass is 10.00. The van der Waals surface area contributed by atoms with Gasteiger partial charge in [0.25, 0.3) is 5.91 Å². The number of hydrogen-bond donors (Lipinski definition) is 1. The van der Waals surface area contributed by atoms with Crippen molar-refractivity contribution in [3.63, 3.8) is 0 Å². The fourth-order valence-corrected chi connectivity index (χ4v) is 3.58. The van der Waals surface area contributed by atoms with Crippen molar-refractivity contribution in [2.45, 2.75) is 57.5 Å². The number of hydrogen-bond acceptors (Lipinski definition) is 1. The first kappa shape index (κ1) is 13.2. The molecule has 1 aromatic rings. The van der Waals surface area contributed by atoms with Crippen LogP contribution in [0, 0.1) is 5.92 Å². The number of carbonyl (C=O) groups excluding carboxylic acids is 1. The lowest BCUT2D eigenvalue weighted by Crippen LogP contribution is -2.38. The Morgan fingerprint density at radius 1 is 1.37 bits per heavy atom. The van der Waals surface area contributed by atoms with Gasteiger partial charge in [0.2, 0.25) is 0 Å². The molecule has 2 saturated carbocycles. The molecule has 19 heavy (non-hydrogen) atoms. The minimum atomic E-state index is 0.0806. The average molecular weight is 325 g/mol. The Morgan fingerprint density at radius 2 is 2.05 bits per heavy atom. The smallest absolute Gasteiger partial charge is 0.268 e. The summed E-state index contributed by atoms with van der Waals surface area (Å²) in [7, 11) is 0. The first-order chi connectivity index (χ1) is 9.15. The van der Waals surface area contributed by atoms with Gasteiger partial charge in [0.05, 0.1) is 0 Å². The summed E-state index contributed by atoms with van der Waals surface area (Å²) in [5.41, 5.74) is 0.805. The van der Waals surface area contributed by atoms with Crippen LogP contribution in [0.3, 0.4) is 0 Å². The highest BCUT2D eigenvalue weighted by atomic mass is 79.9. The number of halogens is 1. The first-order valence-corrected chi connectivity index (χ1v) is 8.12. The maximum Gasteiger partial charge on any atom is 0.268 e. The van der Waals surface area contributed by atoms with E-state index in [2.05, 4.69) is 32.7 Å². The van der Waals surface area contributed by atoms with Crippen molar-refractivity contribution in [1.29, 1.82) is 0 Å². The fourth-order valence-electron chi connectivity index (χ4n) is 3.14. The number of aromatic nitrogens is 1. The second kappa shape index (κ2) is 5.31. The number of carbonyl (C=O) groups is 1. The highest BCUT2D eigenvalue weighted by Gasteiger charge is 2.29. The summed E-state index contributed by atoms with van der Waals surface area (Å²) in [6.45, 7) is 2.15. The monoisotopic (exact) mass is 324 g/mol. The number of amides is 1. The predicted molar refractivity (Wildman–Crippen MR) is 79.3 cm³/mol. The summed E-state index contributed by atoms with van der Waals surface area (Å²) in [5, 5.41) is 3.19. The molecule has 1 unspecified atom stereocenters. The van der Waals surface area contributed by atoms with E-state index >= 15 is 0 Å². The summed E-state index contributed by atoms with van der Waals surface area (Å²) in [6, 6.07) is 2.76. The van der Waals surface area contributed by atoms with Crippen molar-refractivity contribution in [2.24, 2.45) is 5.92 Å². The zero-order valence-electron chi connectivity index (χ0n) is 11.4. The molecule has 1 heterocycles. The fraction of sp³-hybridized carbons (Fsp3) is 0.667. The molecular weight excluding hydrogens is 304 g/mol. The first-order valence-electron chi connectivity index (χ1n) is 7.33. The standard InChI is InChI=1S/C15H21BrN2O/c1-10(11-4-2-3-5-11)17-15(19)14-8-12(16)9-18(14)13-6-7-13/h8-11,13H,2-7H2,1H3,(H,17,19). The lowest BCUT2D eigenvalue weighted by molar-refractivity contribution is 0.0917. The molecule has 104 valence electrons. The van der Waals surface area contributed by atoms with Gasteiger partial charge >= 0.3 is 0 Å². The molecule has 1 aromatic heterocycles. The van der Waals surface area contributed by atoms with Gasteiger partial charge < -0.3 is 9.88 Å². The maximum atomic E-state index is 12.4. The third kappa shape index (κ3) is 2.88. The van der Waals surface area contributed by atoms with Crippen LogP contribution < -0.4 is 5.32 Å². The molecule has 4 heteroatoms. The molecule has 0 aromatic carbocycles. The van der Waals surface area contributed by atoms with Crippen LogP contribution in [0.25, 0.3) is 0 Å². The summed E-state index contributed by atoms with van der Waals surface area (Å²) in [4.78, 5) is 12.4. The van der Waals surface area contributed by atoms with Crippen LogP contribution in [0.2, 0.25) is 0 Å². The molecule has 0 saturated heterocycles. The molecule has 3 nitrogen and oxygen atoms in total. The van der Waals surface area contributed by atoms with E-state index < -0.39 is 0 Å². The third-order valence-corrected chi connectivity index (χ3v) is 4.89. The van der Waals surface area contributed by atoms with Crippen molar-refractivity contribution < 1.29 is 4.79 Å². The molecule has 1 atom stereocenters. The maximum absolute atomic E-state index is 12.4. The third-order valence-electron chi connectivity index (χ3n) is 4.45. The van der Waals surface area contributed by atoms with Crippen LogP contribution in [-0.4, -0.2) is 16.5 Å². The molecule has 1 N–H and O–H groups in total. The lowest BCUT2D eigenvalue weighted by Gasteiger charge is -2.20. The Balaban J connectivity index is 1.69. The van der Waals surface area contributed by atoms with E-state index in [1.165, 1.54) is 38.5 Å². The Morgan fingerprint density at radius 3 is 2.68 bits per heavy atom. The molecule has 1 amide bonds. The second-order valence-electron chi connectivity index (χ2n) is 5.99. The van der Waals surface area contributed by atoms with Gasteiger partial charge in [0.1, 0.15) is 5.69 Å². The van der Waals surface area contributed by atoms with Gasteiger partial charge in [-0.15, -0.1) is 0 Å². The predicted octanol–water partition coefficient (Wildman–Crippen LogP) is 3.89. The van der Waals surface area contributed by atoms with Crippen LogP contribution in [-0.2, 0) is 0 Å². The number of nitrogens with one attached hydrogen (secondary N) is 1. The van der Waals surface area contributed by atoms with E-state index in [1.807, 2.05) is 12.3 Å². The van der Waals surface area contributed by atoms with E-state index in [0.717, 1.165) is 10.2 Å². The van der Waals surface area contributed by atoms with Gasteiger partial charge in [0, 0.05) is 22.8 Å². The van der Waals surface area contributed by atoms with E-state index in [-0.39, 0.29) is 11.9 Å². The van der Waals surface area contributed by atoms with Crippen LogP contribution in [0.15, 0.2) is 16.7 Å². The molecule has 0 aliphatic heterocycles. The van der Waals surface area contributed by atoms with Gasteiger partial charge in [-0.1, -0.05) is 12.8 Å². The highest BCUT2D eigenvalue weighted by molar-refractivity contribution is 9.10. The Hall–Kier alpha value is -0.770. The van der Waals surface area contributed by atoms with Gasteiger partial charge in [0.15, 0.2) is 0 Å². The van der Waals surface area contributed by atoms with Crippen molar-refractivity contribution in [1.82, 2.24) is 9.88 Å². The van der Waals surface area contributed by atoms with Gasteiger partial charge in [-0.2, -0.15) is 0 Å². The van der Waals surface area contributed by atoms with E-state index in [0.29, 0.717) is 12.0 Å². The van der Waals surface area contributed by atoms with Gasteiger partial charge in [-0.25, -0.2) is 0 Å². The molecule has 2 aliphatic rings. The zero-order valence-corrected chi connectivity index (χ0v) is 12.9. The molecule has 2 aliphatic carbocycles. The molecule has 3 rings (SSSR count). The Bertz CT molecular complexity index is 472. The molecule has 2 fully saturated rings. The molecular formula is C15H21BrN2O. The quantitative estimate of drug-likeness (QED) is 0.895.